The molecule has 0 atom stereocenters. The molecule has 0 aliphatic rings. The molecule has 0 bridgehead atoms. The van der Waals surface area contributed by atoms with E-state index in [1.54, 1.807) is 12.1 Å². The topological polar surface area (TPSA) is 30.5 Å². The summed E-state index contributed by atoms with van der Waals surface area (Å²) in [6.45, 7) is 6.04. The highest BCUT2D eigenvalue weighted by atomic mass is 35.5. The molecule has 0 spiro atoms. The van der Waals surface area contributed by atoms with E-state index in [9.17, 15) is 4.39 Å². The van der Waals surface area contributed by atoms with E-state index < -0.39 is 5.82 Å². The number of nitrogens with one attached hydrogen (secondary N) is 1. The molecule has 1 N–H and O–H groups in total. The van der Waals surface area contributed by atoms with Gasteiger partial charge in [0.15, 0.2) is 11.5 Å². The van der Waals surface area contributed by atoms with Gasteiger partial charge in [-0.3, -0.25) is 0 Å². The lowest BCUT2D eigenvalue weighted by molar-refractivity contribution is 0.266. The van der Waals surface area contributed by atoms with Crippen molar-refractivity contribution < 1.29 is 13.9 Å². The Kier molecular flexibility index (Phi) is 7.82. The summed E-state index contributed by atoms with van der Waals surface area (Å²) in [5, 5.41) is 4.06. The molecule has 2 aromatic rings. The molecule has 0 radical (unpaired) electrons. The van der Waals surface area contributed by atoms with Crippen molar-refractivity contribution in [2.75, 3.05) is 13.2 Å². The molecule has 0 aromatic heterocycles. The van der Waals surface area contributed by atoms with Crippen molar-refractivity contribution in [1.29, 1.82) is 0 Å². The lowest BCUT2D eigenvalue weighted by Gasteiger charge is -2.16. The Morgan fingerprint density at radius 3 is 2.56 bits per heavy atom. The molecule has 0 aliphatic carbocycles. The average molecular weight is 386 g/mol. The van der Waals surface area contributed by atoms with E-state index in [0.29, 0.717) is 34.7 Å². The number of benzene rings is 2. The second kappa shape index (κ2) is 9.85. The molecular weight excluding hydrogens is 364 g/mol. The van der Waals surface area contributed by atoms with Gasteiger partial charge in [0.25, 0.3) is 0 Å². The highest BCUT2D eigenvalue weighted by molar-refractivity contribution is 6.32. The summed E-state index contributed by atoms with van der Waals surface area (Å²) in [5.74, 6) is 0.514. The van der Waals surface area contributed by atoms with Crippen molar-refractivity contribution in [2.24, 2.45) is 0 Å². The Morgan fingerprint density at radius 1 is 1.08 bits per heavy atom. The van der Waals surface area contributed by atoms with Crippen LogP contribution in [0.1, 0.15) is 31.4 Å². The molecule has 6 heteroatoms. The molecule has 2 aromatic carbocycles. The molecule has 2 rings (SSSR count). The van der Waals surface area contributed by atoms with Crippen LogP contribution in [0.15, 0.2) is 30.3 Å². The van der Waals surface area contributed by atoms with Gasteiger partial charge in [-0.1, -0.05) is 36.2 Å². The minimum Gasteiger partial charge on any atom is -0.490 e. The van der Waals surface area contributed by atoms with E-state index in [2.05, 4.69) is 12.2 Å². The van der Waals surface area contributed by atoms with E-state index in [-0.39, 0.29) is 12.2 Å². The first kappa shape index (κ1) is 19.8. The Morgan fingerprint density at radius 2 is 1.88 bits per heavy atom. The fourth-order valence-electron chi connectivity index (χ4n) is 2.35. The third-order valence-corrected chi connectivity index (χ3v) is 4.18. The van der Waals surface area contributed by atoms with Gasteiger partial charge in [-0.25, -0.2) is 4.39 Å². The number of hydrogen-bond acceptors (Lipinski definition) is 3. The molecule has 25 heavy (non-hydrogen) atoms. The second-order valence-corrected chi connectivity index (χ2v) is 6.32. The van der Waals surface area contributed by atoms with Gasteiger partial charge in [0.1, 0.15) is 12.4 Å². The predicted octanol–water partition coefficient (Wildman–Crippen LogP) is 5.61. The normalized spacial score (nSPS) is 10.8. The van der Waals surface area contributed by atoms with Crippen molar-refractivity contribution in [3.8, 4) is 11.5 Å². The molecule has 0 saturated heterocycles. The molecule has 0 heterocycles. The van der Waals surface area contributed by atoms with Crippen LogP contribution in [0.3, 0.4) is 0 Å². The van der Waals surface area contributed by atoms with Gasteiger partial charge in [0.2, 0.25) is 0 Å². The maximum absolute atomic E-state index is 13.9. The smallest absolute Gasteiger partial charge is 0.180 e. The first-order valence-corrected chi connectivity index (χ1v) is 9.04. The molecule has 0 amide bonds. The van der Waals surface area contributed by atoms with Crippen molar-refractivity contribution in [3.05, 3.63) is 57.3 Å². The van der Waals surface area contributed by atoms with Gasteiger partial charge < -0.3 is 14.8 Å². The summed E-state index contributed by atoms with van der Waals surface area (Å²) in [4.78, 5) is 0. The Hall–Kier alpha value is -1.49. The Labute approximate surface area is 158 Å². The zero-order chi connectivity index (χ0) is 18.2. The SMILES string of the molecule is CCCNCc1cc(Cl)c(OCc2c(F)cccc2Cl)c(OCC)c1. The summed E-state index contributed by atoms with van der Waals surface area (Å²) in [5.41, 5.74) is 1.29. The number of hydrogen-bond donors (Lipinski definition) is 1. The zero-order valence-corrected chi connectivity index (χ0v) is 15.9. The molecule has 0 aliphatic heterocycles. The Bertz CT molecular complexity index is 690. The lowest BCUT2D eigenvalue weighted by atomic mass is 10.2. The van der Waals surface area contributed by atoms with E-state index in [1.807, 2.05) is 19.1 Å². The molecule has 136 valence electrons. The third kappa shape index (κ3) is 5.50. The van der Waals surface area contributed by atoms with Gasteiger partial charge >= 0.3 is 0 Å². The van der Waals surface area contributed by atoms with Crippen LogP contribution in [0.25, 0.3) is 0 Å². The van der Waals surface area contributed by atoms with Gasteiger partial charge in [-0.15, -0.1) is 0 Å². The van der Waals surface area contributed by atoms with Crippen molar-refractivity contribution in [2.45, 2.75) is 33.4 Å². The number of ether oxygens (including phenoxy) is 2. The van der Waals surface area contributed by atoms with Crippen molar-refractivity contribution in [1.82, 2.24) is 5.32 Å². The third-order valence-electron chi connectivity index (χ3n) is 3.55. The van der Waals surface area contributed by atoms with Gasteiger partial charge in [0, 0.05) is 12.1 Å². The van der Waals surface area contributed by atoms with Gasteiger partial charge in [0.05, 0.1) is 16.7 Å². The first-order chi connectivity index (χ1) is 12.1. The molecule has 3 nitrogen and oxygen atoms in total. The fraction of sp³-hybridized carbons (Fsp3) is 0.368. The Balaban J connectivity index is 2.21. The molecule has 0 saturated carbocycles. The van der Waals surface area contributed by atoms with Crippen LogP contribution < -0.4 is 14.8 Å². The fourth-order valence-corrected chi connectivity index (χ4v) is 2.86. The quantitative estimate of drug-likeness (QED) is 0.569. The van der Waals surface area contributed by atoms with Crippen LogP contribution in [-0.2, 0) is 13.2 Å². The van der Waals surface area contributed by atoms with Crippen molar-refractivity contribution in [3.63, 3.8) is 0 Å². The van der Waals surface area contributed by atoms with Gasteiger partial charge in [-0.2, -0.15) is 0 Å². The highest BCUT2D eigenvalue weighted by Crippen LogP contribution is 2.37. The van der Waals surface area contributed by atoms with Gasteiger partial charge in [-0.05, 0) is 49.7 Å². The highest BCUT2D eigenvalue weighted by Gasteiger charge is 2.15. The van der Waals surface area contributed by atoms with Crippen LogP contribution in [0.2, 0.25) is 10.0 Å². The zero-order valence-electron chi connectivity index (χ0n) is 14.4. The number of halogens is 3. The maximum Gasteiger partial charge on any atom is 0.180 e. The van der Waals surface area contributed by atoms with E-state index in [0.717, 1.165) is 18.5 Å². The van der Waals surface area contributed by atoms with Crippen LogP contribution in [0.4, 0.5) is 4.39 Å². The van der Waals surface area contributed by atoms with E-state index in [4.69, 9.17) is 32.7 Å². The van der Waals surface area contributed by atoms with Crippen LogP contribution in [-0.4, -0.2) is 13.2 Å². The number of rotatable bonds is 9. The van der Waals surface area contributed by atoms with Crippen LogP contribution >= 0.6 is 23.2 Å². The molecule has 0 fully saturated rings. The van der Waals surface area contributed by atoms with Crippen molar-refractivity contribution >= 4 is 23.2 Å². The summed E-state index contributed by atoms with van der Waals surface area (Å²) in [7, 11) is 0. The summed E-state index contributed by atoms with van der Waals surface area (Å²) in [6, 6.07) is 8.23. The first-order valence-electron chi connectivity index (χ1n) is 8.28. The minimum atomic E-state index is -0.415. The summed E-state index contributed by atoms with van der Waals surface area (Å²) in [6.07, 6.45) is 1.05. The largest absolute Gasteiger partial charge is 0.490 e. The second-order valence-electron chi connectivity index (χ2n) is 5.50. The lowest BCUT2D eigenvalue weighted by Crippen LogP contribution is -2.14. The van der Waals surface area contributed by atoms with E-state index >= 15 is 0 Å². The monoisotopic (exact) mass is 385 g/mol. The molecular formula is C19H22Cl2FNO2. The average Bonchev–Trinajstić information content (AvgIpc) is 2.57. The molecule has 0 unspecified atom stereocenters. The van der Waals surface area contributed by atoms with E-state index in [1.165, 1.54) is 6.07 Å². The van der Waals surface area contributed by atoms with Crippen LogP contribution in [0.5, 0.6) is 11.5 Å². The standard InChI is InChI=1S/C19H22Cl2FNO2/c1-3-8-23-11-13-9-16(21)19(18(10-13)24-4-2)25-12-14-15(20)6-5-7-17(14)22/h5-7,9-10,23H,3-4,8,11-12H2,1-2H3. The summed E-state index contributed by atoms with van der Waals surface area (Å²) >= 11 is 12.4. The summed E-state index contributed by atoms with van der Waals surface area (Å²) < 4.78 is 25.3. The van der Waals surface area contributed by atoms with Crippen LogP contribution in [0, 0.1) is 5.82 Å². The minimum absolute atomic E-state index is 0.0290. The predicted molar refractivity (Wildman–Crippen MR) is 100 cm³/mol. The maximum atomic E-state index is 13.9.